The quantitative estimate of drug-likeness (QED) is 0.809. The number of aromatic carboxylic acids is 1. The van der Waals surface area contributed by atoms with E-state index in [2.05, 4.69) is 0 Å². The van der Waals surface area contributed by atoms with Gasteiger partial charge in [-0.3, -0.25) is 0 Å². The second kappa shape index (κ2) is 6.58. The van der Waals surface area contributed by atoms with E-state index >= 15 is 0 Å². The Labute approximate surface area is 117 Å². The molecule has 0 aromatic heterocycles. The van der Waals surface area contributed by atoms with E-state index in [0.29, 0.717) is 37.7 Å². The third kappa shape index (κ3) is 3.20. The zero-order valence-electron chi connectivity index (χ0n) is 11.4. The zero-order chi connectivity index (χ0) is 14.5. The summed E-state index contributed by atoms with van der Waals surface area (Å²) in [5.41, 5.74) is 0.846. The molecule has 110 valence electrons. The van der Waals surface area contributed by atoms with Gasteiger partial charge in [0.1, 0.15) is 12.2 Å². The van der Waals surface area contributed by atoms with Crippen molar-refractivity contribution in [3.63, 3.8) is 0 Å². The van der Waals surface area contributed by atoms with Crippen LogP contribution in [-0.2, 0) is 4.74 Å². The van der Waals surface area contributed by atoms with Crippen LogP contribution in [0.2, 0.25) is 0 Å². The van der Waals surface area contributed by atoms with E-state index in [-0.39, 0.29) is 12.2 Å². The molecule has 1 aromatic carbocycles. The van der Waals surface area contributed by atoms with Crippen molar-refractivity contribution in [2.24, 2.45) is 0 Å². The van der Waals surface area contributed by atoms with E-state index in [4.69, 9.17) is 14.6 Å². The van der Waals surface area contributed by atoms with Crippen molar-refractivity contribution in [2.75, 3.05) is 37.8 Å². The average molecular weight is 281 g/mol. The molecule has 1 aromatic rings. The average Bonchev–Trinajstić information content (AvgIpc) is 2.44. The van der Waals surface area contributed by atoms with Crippen LogP contribution in [0.15, 0.2) is 18.2 Å². The molecular weight excluding hydrogens is 262 g/mol. The van der Waals surface area contributed by atoms with Gasteiger partial charge in [-0.05, 0) is 19.1 Å². The van der Waals surface area contributed by atoms with Crippen molar-refractivity contribution in [1.82, 2.24) is 0 Å². The first kappa shape index (κ1) is 14.6. The van der Waals surface area contributed by atoms with Crippen LogP contribution < -0.4 is 9.64 Å². The molecule has 20 heavy (non-hydrogen) atoms. The highest BCUT2D eigenvalue weighted by molar-refractivity contribution is 5.93. The second-order valence-corrected chi connectivity index (χ2v) is 4.57. The van der Waals surface area contributed by atoms with Crippen molar-refractivity contribution >= 4 is 11.7 Å². The van der Waals surface area contributed by atoms with Crippen LogP contribution in [0.4, 0.5) is 5.69 Å². The summed E-state index contributed by atoms with van der Waals surface area (Å²) in [5, 5.41) is 19.1. The fourth-order valence-electron chi connectivity index (χ4n) is 2.22. The Hall–Kier alpha value is -1.79. The van der Waals surface area contributed by atoms with Gasteiger partial charge in [0.25, 0.3) is 0 Å². The highest BCUT2D eigenvalue weighted by Crippen LogP contribution is 2.34. The highest BCUT2D eigenvalue weighted by Gasteiger charge is 2.24. The molecule has 1 atom stereocenters. The number of carbonyl (C=O) groups is 1. The first-order valence-electron chi connectivity index (χ1n) is 6.63. The van der Waals surface area contributed by atoms with E-state index in [1.54, 1.807) is 12.1 Å². The minimum atomic E-state index is -1.02. The van der Waals surface area contributed by atoms with Crippen LogP contribution in [0.3, 0.4) is 0 Å². The number of benzene rings is 1. The third-order valence-electron chi connectivity index (χ3n) is 3.12. The lowest BCUT2D eigenvalue weighted by Crippen LogP contribution is -2.40. The highest BCUT2D eigenvalue weighted by atomic mass is 16.5. The maximum atomic E-state index is 11.2. The summed E-state index contributed by atoms with van der Waals surface area (Å²) in [6, 6.07) is 4.99. The molecule has 0 saturated heterocycles. The van der Waals surface area contributed by atoms with E-state index in [9.17, 15) is 9.90 Å². The SMILES string of the molecule is CCOCC(O)CN1CCOc2c(C(=O)O)cccc21. The lowest BCUT2D eigenvalue weighted by atomic mass is 10.1. The predicted octanol–water partition coefficient (Wildman–Crippen LogP) is 0.981. The van der Waals surface area contributed by atoms with E-state index in [1.165, 1.54) is 6.07 Å². The summed E-state index contributed by atoms with van der Waals surface area (Å²) in [4.78, 5) is 13.1. The molecule has 0 bridgehead atoms. The number of ether oxygens (including phenoxy) is 2. The number of hydrogen-bond donors (Lipinski definition) is 2. The summed E-state index contributed by atoms with van der Waals surface area (Å²) in [6.45, 7) is 4.09. The number of nitrogens with zero attached hydrogens (tertiary/aromatic N) is 1. The molecule has 0 radical (unpaired) electrons. The summed E-state index contributed by atoms with van der Waals surface area (Å²) in [5.74, 6) is -0.645. The van der Waals surface area contributed by atoms with Gasteiger partial charge in [0.2, 0.25) is 0 Å². The third-order valence-corrected chi connectivity index (χ3v) is 3.12. The smallest absolute Gasteiger partial charge is 0.339 e. The van der Waals surface area contributed by atoms with Crippen LogP contribution in [0.1, 0.15) is 17.3 Å². The van der Waals surface area contributed by atoms with Gasteiger partial charge in [-0.2, -0.15) is 0 Å². The number of aliphatic hydroxyl groups is 1. The molecule has 1 unspecified atom stereocenters. The van der Waals surface area contributed by atoms with Gasteiger partial charge in [-0.25, -0.2) is 4.79 Å². The molecule has 2 rings (SSSR count). The number of carboxylic acid groups (broad SMARTS) is 1. The van der Waals surface area contributed by atoms with Crippen LogP contribution >= 0.6 is 0 Å². The fourth-order valence-corrected chi connectivity index (χ4v) is 2.22. The van der Waals surface area contributed by atoms with Crippen LogP contribution in [0, 0.1) is 0 Å². The molecule has 1 heterocycles. The first-order valence-corrected chi connectivity index (χ1v) is 6.63. The summed E-state index contributed by atoms with van der Waals surface area (Å²) >= 11 is 0. The van der Waals surface area contributed by atoms with Gasteiger partial charge in [0.05, 0.1) is 24.9 Å². The minimum absolute atomic E-state index is 0.145. The zero-order valence-corrected chi connectivity index (χ0v) is 11.4. The number of hydrogen-bond acceptors (Lipinski definition) is 5. The summed E-state index contributed by atoms with van der Waals surface area (Å²) < 4.78 is 10.7. The van der Waals surface area contributed by atoms with Crippen molar-refractivity contribution < 1.29 is 24.5 Å². The number of aliphatic hydroxyl groups excluding tert-OH is 1. The van der Waals surface area contributed by atoms with Gasteiger partial charge in [-0.1, -0.05) is 6.07 Å². The fraction of sp³-hybridized carbons (Fsp3) is 0.500. The van der Waals surface area contributed by atoms with E-state index in [0.717, 1.165) is 0 Å². The molecule has 0 aliphatic carbocycles. The monoisotopic (exact) mass is 281 g/mol. The van der Waals surface area contributed by atoms with Gasteiger partial charge in [0, 0.05) is 13.2 Å². The first-order chi connectivity index (χ1) is 9.63. The summed E-state index contributed by atoms with van der Waals surface area (Å²) in [6.07, 6.45) is -0.616. The number of carboxylic acids is 1. The number of β-amino-alcohol motifs (C(OH)–C–C–N with tert-alkyl or cyclic N) is 1. The normalized spacial score (nSPS) is 15.4. The molecule has 0 amide bonds. The molecule has 0 fully saturated rings. The Bertz CT molecular complexity index is 477. The molecule has 0 spiro atoms. The van der Waals surface area contributed by atoms with Crippen molar-refractivity contribution in [3.8, 4) is 5.75 Å². The Morgan fingerprint density at radius 2 is 2.35 bits per heavy atom. The van der Waals surface area contributed by atoms with Crippen molar-refractivity contribution in [2.45, 2.75) is 13.0 Å². The lowest BCUT2D eigenvalue weighted by molar-refractivity contribution is 0.0456. The number of para-hydroxylation sites is 1. The number of rotatable bonds is 6. The minimum Gasteiger partial charge on any atom is -0.489 e. The maximum absolute atomic E-state index is 11.2. The van der Waals surface area contributed by atoms with Crippen LogP contribution in [-0.4, -0.2) is 55.2 Å². The molecule has 1 aliphatic rings. The topological polar surface area (TPSA) is 79.2 Å². The number of anilines is 1. The Balaban J connectivity index is 2.16. The molecular formula is C14H19NO5. The second-order valence-electron chi connectivity index (χ2n) is 4.57. The molecule has 6 nitrogen and oxygen atoms in total. The number of fused-ring (bicyclic) bond motifs is 1. The maximum Gasteiger partial charge on any atom is 0.339 e. The molecule has 1 aliphatic heterocycles. The largest absolute Gasteiger partial charge is 0.489 e. The van der Waals surface area contributed by atoms with Crippen molar-refractivity contribution in [1.29, 1.82) is 0 Å². The van der Waals surface area contributed by atoms with E-state index < -0.39 is 12.1 Å². The van der Waals surface area contributed by atoms with E-state index in [1.807, 2.05) is 11.8 Å². The summed E-state index contributed by atoms with van der Waals surface area (Å²) in [7, 11) is 0. The molecule has 6 heteroatoms. The van der Waals surface area contributed by atoms with Crippen LogP contribution in [0.5, 0.6) is 5.75 Å². The van der Waals surface area contributed by atoms with Crippen LogP contribution in [0.25, 0.3) is 0 Å². The van der Waals surface area contributed by atoms with Crippen molar-refractivity contribution in [3.05, 3.63) is 23.8 Å². The van der Waals surface area contributed by atoms with Gasteiger partial charge >= 0.3 is 5.97 Å². The van der Waals surface area contributed by atoms with Gasteiger partial charge < -0.3 is 24.6 Å². The molecule has 2 N–H and O–H groups in total. The Morgan fingerprint density at radius 1 is 1.55 bits per heavy atom. The lowest BCUT2D eigenvalue weighted by Gasteiger charge is -2.33. The molecule has 0 saturated carbocycles. The Kier molecular flexibility index (Phi) is 4.81. The van der Waals surface area contributed by atoms with Gasteiger partial charge in [-0.15, -0.1) is 0 Å². The standard InChI is InChI=1S/C14H19NO5/c1-2-19-9-10(16)8-15-6-7-20-13-11(14(17)18)4-3-5-12(13)15/h3-5,10,16H,2,6-9H2,1H3,(H,17,18). The predicted molar refractivity (Wildman–Crippen MR) is 73.6 cm³/mol. The Morgan fingerprint density at radius 3 is 3.05 bits per heavy atom. The van der Waals surface area contributed by atoms with Gasteiger partial charge in [0.15, 0.2) is 5.75 Å².